The lowest BCUT2D eigenvalue weighted by atomic mass is 10.3. The molecule has 0 amide bonds. The van der Waals surface area contributed by atoms with Crippen LogP contribution < -0.4 is 0 Å². The number of fused-ring (bicyclic) bond motifs is 1. The monoisotopic (exact) mass is 198 g/mol. The second-order valence-electron chi connectivity index (χ2n) is 2.45. The SMILES string of the molecule is Cl.O=C(O)c1cc2cnccc2[nH]1. The summed E-state index contributed by atoms with van der Waals surface area (Å²) in [7, 11) is 0. The number of carboxylic acid groups (broad SMARTS) is 1. The molecule has 2 heterocycles. The van der Waals surface area contributed by atoms with Gasteiger partial charge in [0.1, 0.15) is 5.69 Å². The normalized spacial score (nSPS) is 9.54. The molecule has 68 valence electrons. The minimum atomic E-state index is -0.953. The van der Waals surface area contributed by atoms with Gasteiger partial charge in [0.25, 0.3) is 0 Å². The quantitative estimate of drug-likeness (QED) is 0.733. The van der Waals surface area contributed by atoms with Crippen molar-refractivity contribution in [3.05, 3.63) is 30.2 Å². The van der Waals surface area contributed by atoms with Crippen molar-refractivity contribution in [2.75, 3.05) is 0 Å². The minimum absolute atomic E-state index is 0. The van der Waals surface area contributed by atoms with Crippen LogP contribution >= 0.6 is 12.4 Å². The predicted molar refractivity (Wildman–Crippen MR) is 50.3 cm³/mol. The summed E-state index contributed by atoms with van der Waals surface area (Å²) < 4.78 is 0. The average molecular weight is 199 g/mol. The topological polar surface area (TPSA) is 66.0 Å². The number of carbonyl (C=O) groups is 1. The largest absolute Gasteiger partial charge is 0.477 e. The zero-order valence-electron chi connectivity index (χ0n) is 6.52. The molecule has 0 fully saturated rings. The summed E-state index contributed by atoms with van der Waals surface area (Å²) in [6.07, 6.45) is 3.24. The second kappa shape index (κ2) is 3.45. The molecular weight excluding hydrogens is 192 g/mol. The minimum Gasteiger partial charge on any atom is -0.477 e. The van der Waals surface area contributed by atoms with E-state index in [2.05, 4.69) is 9.97 Å². The van der Waals surface area contributed by atoms with Gasteiger partial charge in [-0.3, -0.25) is 4.98 Å². The highest BCUT2D eigenvalue weighted by Crippen LogP contribution is 2.12. The molecule has 0 saturated carbocycles. The van der Waals surface area contributed by atoms with Gasteiger partial charge >= 0.3 is 5.97 Å². The van der Waals surface area contributed by atoms with Gasteiger partial charge in [-0.05, 0) is 12.1 Å². The molecule has 2 aromatic rings. The zero-order chi connectivity index (χ0) is 8.55. The predicted octanol–water partition coefficient (Wildman–Crippen LogP) is 1.68. The van der Waals surface area contributed by atoms with Gasteiger partial charge in [0.15, 0.2) is 0 Å². The van der Waals surface area contributed by atoms with Crippen LogP contribution in [-0.2, 0) is 0 Å². The molecular formula is C8H7ClN2O2. The summed E-state index contributed by atoms with van der Waals surface area (Å²) in [5.41, 5.74) is 0.986. The molecule has 13 heavy (non-hydrogen) atoms. The highest BCUT2D eigenvalue weighted by Gasteiger charge is 2.05. The molecule has 0 spiro atoms. The number of nitrogens with zero attached hydrogens (tertiary/aromatic N) is 1. The summed E-state index contributed by atoms with van der Waals surface area (Å²) >= 11 is 0. The number of carboxylic acids is 1. The number of hydrogen-bond acceptors (Lipinski definition) is 2. The summed E-state index contributed by atoms with van der Waals surface area (Å²) in [4.78, 5) is 17.1. The molecule has 0 aromatic carbocycles. The Hall–Kier alpha value is -1.55. The fourth-order valence-corrected chi connectivity index (χ4v) is 1.09. The lowest BCUT2D eigenvalue weighted by molar-refractivity contribution is 0.0691. The zero-order valence-corrected chi connectivity index (χ0v) is 7.34. The molecule has 0 bridgehead atoms. The third-order valence-corrected chi connectivity index (χ3v) is 1.65. The number of rotatable bonds is 1. The second-order valence-corrected chi connectivity index (χ2v) is 2.45. The first-order valence-electron chi connectivity index (χ1n) is 3.43. The number of halogens is 1. The molecule has 0 aliphatic heterocycles. The van der Waals surface area contributed by atoms with Crippen molar-refractivity contribution in [2.24, 2.45) is 0 Å². The van der Waals surface area contributed by atoms with Crippen LogP contribution in [0.3, 0.4) is 0 Å². The fourth-order valence-electron chi connectivity index (χ4n) is 1.09. The van der Waals surface area contributed by atoms with E-state index >= 15 is 0 Å². The molecule has 0 atom stereocenters. The Morgan fingerprint density at radius 3 is 2.92 bits per heavy atom. The molecule has 4 nitrogen and oxygen atoms in total. The van der Waals surface area contributed by atoms with Gasteiger partial charge < -0.3 is 10.1 Å². The van der Waals surface area contributed by atoms with E-state index in [-0.39, 0.29) is 18.1 Å². The van der Waals surface area contributed by atoms with Crippen molar-refractivity contribution < 1.29 is 9.90 Å². The molecule has 2 N–H and O–H groups in total. The smallest absolute Gasteiger partial charge is 0.352 e. The van der Waals surface area contributed by atoms with Crippen molar-refractivity contribution in [3.8, 4) is 0 Å². The van der Waals surface area contributed by atoms with E-state index in [0.717, 1.165) is 10.9 Å². The van der Waals surface area contributed by atoms with Gasteiger partial charge in [-0.15, -0.1) is 12.4 Å². The van der Waals surface area contributed by atoms with Crippen LogP contribution in [-0.4, -0.2) is 21.0 Å². The maximum atomic E-state index is 10.5. The Bertz CT molecular complexity index is 405. The molecule has 0 saturated heterocycles. The Morgan fingerprint density at radius 2 is 2.31 bits per heavy atom. The van der Waals surface area contributed by atoms with Gasteiger partial charge in [0.2, 0.25) is 0 Å². The van der Waals surface area contributed by atoms with E-state index in [1.165, 1.54) is 0 Å². The van der Waals surface area contributed by atoms with Crippen LogP contribution in [0.5, 0.6) is 0 Å². The summed E-state index contributed by atoms with van der Waals surface area (Å²) in [6, 6.07) is 3.30. The van der Waals surface area contributed by atoms with E-state index in [0.29, 0.717) is 0 Å². The standard InChI is InChI=1S/C8H6N2O2.ClH/c11-8(12)7-3-5-4-9-2-1-6(5)10-7;/h1-4,10H,(H,11,12);1H. The highest BCUT2D eigenvalue weighted by molar-refractivity contribution is 5.93. The summed E-state index contributed by atoms with van der Waals surface area (Å²) in [6.45, 7) is 0. The van der Waals surface area contributed by atoms with Crippen molar-refractivity contribution in [2.45, 2.75) is 0 Å². The van der Waals surface area contributed by atoms with Gasteiger partial charge in [-0.1, -0.05) is 0 Å². The molecule has 2 rings (SSSR count). The van der Waals surface area contributed by atoms with E-state index in [1.807, 2.05) is 0 Å². The lowest BCUT2D eigenvalue weighted by Gasteiger charge is -1.84. The number of H-pyrrole nitrogens is 1. The van der Waals surface area contributed by atoms with Gasteiger partial charge in [-0.25, -0.2) is 4.79 Å². The first-order chi connectivity index (χ1) is 5.77. The summed E-state index contributed by atoms with van der Waals surface area (Å²) in [5.74, 6) is -0.953. The number of hydrogen-bond donors (Lipinski definition) is 2. The van der Waals surface area contributed by atoms with Crippen LogP contribution in [0.4, 0.5) is 0 Å². The molecule has 2 aromatic heterocycles. The van der Waals surface area contributed by atoms with Crippen LogP contribution in [0.2, 0.25) is 0 Å². The van der Waals surface area contributed by atoms with Crippen molar-refractivity contribution in [3.63, 3.8) is 0 Å². The number of aromatic amines is 1. The van der Waals surface area contributed by atoms with Crippen molar-refractivity contribution >= 4 is 29.3 Å². The van der Waals surface area contributed by atoms with E-state index in [9.17, 15) is 4.79 Å². The fraction of sp³-hybridized carbons (Fsp3) is 0. The van der Waals surface area contributed by atoms with Crippen LogP contribution in [0.1, 0.15) is 10.5 Å². The molecule has 0 radical (unpaired) electrons. The highest BCUT2D eigenvalue weighted by atomic mass is 35.5. The van der Waals surface area contributed by atoms with E-state index < -0.39 is 5.97 Å². The molecule has 0 aliphatic rings. The number of aromatic nitrogens is 2. The third kappa shape index (κ3) is 1.62. The Kier molecular flexibility index (Phi) is 2.53. The number of aromatic carboxylic acids is 1. The van der Waals surface area contributed by atoms with Gasteiger partial charge in [-0.2, -0.15) is 0 Å². The van der Waals surface area contributed by atoms with Gasteiger partial charge in [0.05, 0.1) is 0 Å². The van der Waals surface area contributed by atoms with Crippen LogP contribution in [0.15, 0.2) is 24.5 Å². The third-order valence-electron chi connectivity index (χ3n) is 1.65. The van der Waals surface area contributed by atoms with Crippen LogP contribution in [0.25, 0.3) is 10.9 Å². The molecule has 5 heteroatoms. The number of pyridine rings is 1. The lowest BCUT2D eigenvalue weighted by Crippen LogP contribution is -1.94. The Labute approximate surface area is 80.0 Å². The number of nitrogens with one attached hydrogen (secondary N) is 1. The first kappa shape index (κ1) is 9.54. The molecule has 0 unspecified atom stereocenters. The Morgan fingerprint density at radius 1 is 1.54 bits per heavy atom. The maximum absolute atomic E-state index is 10.5. The molecule has 0 aliphatic carbocycles. The maximum Gasteiger partial charge on any atom is 0.352 e. The van der Waals surface area contributed by atoms with Gasteiger partial charge in [0, 0.05) is 23.3 Å². The Balaban J connectivity index is 0.000000845. The van der Waals surface area contributed by atoms with Crippen LogP contribution in [0, 0.1) is 0 Å². The van der Waals surface area contributed by atoms with Crippen molar-refractivity contribution in [1.82, 2.24) is 9.97 Å². The van der Waals surface area contributed by atoms with E-state index in [4.69, 9.17) is 5.11 Å². The van der Waals surface area contributed by atoms with E-state index in [1.54, 1.807) is 24.5 Å². The average Bonchev–Trinajstić information content (AvgIpc) is 2.46. The summed E-state index contributed by atoms with van der Waals surface area (Å²) in [5, 5.41) is 9.45. The van der Waals surface area contributed by atoms with Crippen molar-refractivity contribution in [1.29, 1.82) is 0 Å². The first-order valence-corrected chi connectivity index (χ1v) is 3.43.